The maximum Gasteiger partial charge on any atom is 0.105 e. The van der Waals surface area contributed by atoms with Gasteiger partial charge in [0.1, 0.15) is 6.10 Å². The summed E-state index contributed by atoms with van der Waals surface area (Å²) < 4.78 is 5.57. The van der Waals surface area contributed by atoms with Gasteiger partial charge in [-0.25, -0.2) is 0 Å². The maximum atomic E-state index is 10.3. The third-order valence-corrected chi connectivity index (χ3v) is 3.49. The summed E-state index contributed by atoms with van der Waals surface area (Å²) >= 11 is 0. The quantitative estimate of drug-likeness (QED) is 0.852. The van der Waals surface area contributed by atoms with Crippen molar-refractivity contribution in [2.24, 2.45) is 0 Å². The van der Waals surface area contributed by atoms with Crippen LogP contribution < -0.4 is 0 Å². The first kappa shape index (κ1) is 14.8. The fraction of sp³-hybridized carbons (Fsp3) is 0.333. The van der Waals surface area contributed by atoms with Crippen molar-refractivity contribution in [2.75, 3.05) is 6.61 Å². The van der Waals surface area contributed by atoms with Crippen LogP contribution in [0.4, 0.5) is 0 Å². The molecule has 2 rings (SSSR count). The number of aliphatic hydroxyl groups excluding tert-OH is 1. The Morgan fingerprint density at radius 2 is 1.50 bits per heavy atom. The maximum absolute atomic E-state index is 10.3. The topological polar surface area (TPSA) is 29.5 Å². The van der Waals surface area contributed by atoms with Crippen molar-refractivity contribution in [3.05, 3.63) is 60.2 Å². The zero-order valence-electron chi connectivity index (χ0n) is 12.1. The van der Waals surface area contributed by atoms with Gasteiger partial charge in [-0.15, -0.1) is 0 Å². The van der Waals surface area contributed by atoms with Gasteiger partial charge in [-0.05, 0) is 30.0 Å². The van der Waals surface area contributed by atoms with E-state index >= 15 is 0 Å². The molecule has 2 atom stereocenters. The highest BCUT2D eigenvalue weighted by molar-refractivity contribution is 5.63. The second-order valence-electron chi connectivity index (χ2n) is 4.83. The Bertz CT molecular complexity index is 505. The molecule has 0 bridgehead atoms. The molecule has 0 amide bonds. The minimum absolute atomic E-state index is 0.137. The Morgan fingerprint density at radius 1 is 0.900 bits per heavy atom. The van der Waals surface area contributed by atoms with Gasteiger partial charge in [0.25, 0.3) is 0 Å². The summed E-state index contributed by atoms with van der Waals surface area (Å²) in [5.74, 6) is 0. The van der Waals surface area contributed by atoms with Crippen LogP contribution in [0.5, 0.6) is 0 Å². The second-order valence-corrected chi connectivity index (χ2v) is 4.83. The summed E-state index contributed by atoms with van der Waals surface area (Å²) in [7, 11) is 0. The smallest absolute Gasteiger partial charge is 0.105 e. The highest BCUT2D eigenvalue weighted by Gasteiger charge is 2.19. The minimum atomic E-state index is -0.565. The van der Waals surface area contributed by atoms with Crippen LogP contribution in [-0.4, -0.2) is 17.8 Å². The molecule has 1 N–H and O–H groups in total. The molecular formula is C18H22O2. The molecule has 0 saturated carbocycles. The van der Waals surface area contributed by atoms with Crippen molar-refractivity contribution >= 4 is 0 Å². The summed E-state index contributed by atoms with van der Waals surface area (Å²) in [6.45, 7) is 4.60. The number of hydrogen-bond acceptors (Lipinski definition) is 2. The van der Waals surface area contributed by atoms with E-state index in [9.17, 15) is 5.11 Å². The van der Waals surface area contributed by atoms with E-state index < -0.39 is 6.10 Å². The molecule has 2 aromatic carbocycles. The van der Waals surface area contributed by atoms with Gasteiger partial charge in [0.15, 0.2) is 0 Å². The molecule has 0 aromatic heterocycles. The van der Waals surface area contributed by atoms with E-state index in [1.165, 1.54) is 5.56 Å². The van der Waals surface area contributed by atoms with Crippen molar-refractivity contribution < 1.29 is 9.84 Å². The Hall–Kier alpha value is -1.64. The first-order valence-electron chi connectivity index (χ1n) is 7.21. The van der Waals surface area contributed by atoms with Gasteiger partial charge >= 0.3 is 0 Å². The van der Waals surface area contributed by atoms with Crippen LogP contribution in [0.2, 0.25) is 0 Å². The molecule has 0 heterocycles. The number of aliphatic hydroxyl groups is 1. The number of benzene rings is 2. The zero-order valence-corrected chi connectivity index (χ0v) is 12.1. The van der Waals surface area contributed by atoms with Crippen LogP contribution in [0, 0.1) is 0 Å². The fourth-order valence-electron chi connectivity index (χ4n) is 2.36. The Balaban J connectivity index is 2.15. The van der Waals surface area contributed by atoms with Gasteiger partial charge in [0, 0.05) is 6.61 Å². The van der Waals surface area contributed by atoms with E-state index in [4.69, 9.17) is 4.74 Å². The minimum Gasteiger partial charge on any atom is -0.386 e. The third kappa shape index (κ3) is 3.47. The highest BCUT2D eigenvalue weighted by atomic mass is 16.5. The van der Waals surface area contributed by atoms with E-state index in [1.807, 2.05) is 56.3 Å². The van der Waals surface area contributed by atoms with Crippen LogP contribution in [0.15, 0.2) is 54.6 Å². The first-order chi connectivity index (χ1) is 9.76. The molecule has 2 nitrogen and oxygen atoms in total. The molecule has 20 heavy (non-hydrogen) atoms. The lowest BCUT2D eigenvalue weighted by Crippen LogP contribution is -2.21. The first-order valence-corrected chi connectivity index (χ1v) is 7.21. The Labute approximate surface area is 121 Å². The van der Waals surface area contributed by atoms with Crippen LogP contribution in [0.25, 0.3) is 11.1 Å². The summed E-state index contributed by atoms with van der Waals surface area (Å²) in [4.78, 5) is 0. The van der Waals surface area contributed by atoms with Gasteiger partial charge in [0.05, 0.1) is 6.10 Å². The van der Waals surface area contributed by atoms with Gasteiger partial charge in [-0.3, -0.25) is 0 Å². The average molecular weight is 270 g/mol. The predicted molar refractivity (Wildman–Crippen MR) is 82.5 cm³/mol. The number of rotatable bonds is 6. The van der Waals surface area contributed by atoms with Crippen molar-refractivity contribution in [3.8, 4) is 11.1 Å². The normalized spacial score (nSPS) is 13.9. The van der Waals surface area contributed by atoms with Crippen LogP contribution in [0.3, 0.4) is 0 Å². The summed E-state index contributed by atoms with van der Waals surface area (Å²) in [5, 5.41) is 10.3. The fourth-order valence-corrected chi connectivity index (χ4v) is 2.36. The predicted octanol–water partition coefficient (Wildman–Crippen LogP) is 4.20. The van der Waals surface area contributed by atoms with Crippen molar-refractivity contribution in [3.63, 3.8) is 0 Å². The van der Waals surface area contributed by atoms with Crippen LogP contribution in [0.1, 0.15) is 31.9 Å². The standard InChI is InChI=1S/C18H22O2/c1-3-17(20-4-2)18(19)16-12-10-15(11-13-16)14-8-6-5-7-9-14/h5-13,17-19H,3-4H2,1-2H3. The van der Waals surface area contributed by atoms with E-state index in [-0.39, 0.29) is 6.10 Å². The van der Waals surface area contributed by atoms with E-state index in [1.54, 1.807) is 0 Å². The van der Waals surface area contributed by atoms with Gasteiger partial charge in [-0.2, -0.15) is 0 Å². The van der Waals surface area contributed by atoms with Crippen molar-refractivity contribution in [1.29, 1.82) is 0 Å². The molecule has 2 heteroatoms. The van der Waals surface area contributed by atoms with Crippen molar-refractivity contribution in [1.82, 2.24) is 0 Å². The monoisotopic (exact) mass is 270 g/mol. The third-order valence-electron chi connectivity index (χ3n) is 3.49. The van der Waals surface area contributed by atoms with Crippen LogP contribution in [-0.2, 0) is 4.74 Å². The molecule has 106 valence electrons. The van der Waals surface area contributed by atoms with E-state index in [0.717, 1.165) is 17.5 Å². The molecule has 2 unspecified atom stereocenters. The second kappa shape index (κ2) is 7.22. The molecule has 0 aliphatic rings. The van der Waals surface area contributed by atoms with Gasteiger partial charge in [-0.1, -0.05) is 61.5 Å². The lowest BCUT2D eigenvalue weighted by atomic mass is 9.98. The molecule has 0 aliphatic carbocycles. The van der Waals surface area contributed by atoms with E-state index in [0.29, 0.717) is 6.61 Å². The van der Waals surface area contributed by atoms with Crippen molar-refractivity contribution in [2.45, 2.75) is 32.5 Å². The zero-order chi connectivity index (χ0) is 14.4. The summed E-state index contributed by atoms with van der Waals surface area (Å²) in [6.07, 6.45) is 0.0995. The van der Waals surface area contributed by atoms with Gasteiger partial charge in [0.2, 0.25) is 0 Å². The molecular weight excluding hydrogens is 248 g/mol. The SMILES string of the molecule is CCOC(CC)C(O)c1ccc(-c2ccccc2)cc1. The Kier molecular flexibility index (Phi) is 5.33. The Morgan fingerprint density at radius 3 is 2.05 bits per heavy atom. The summed E-state index contributed by atoms with van der Waals surface area (Å²) in [6, 6.07) is 18.3. The lowest BCUT2D eigenvalue weighted by Gasteiger charge is -2.22. The lowest BCUT2D eigenvalue weighted by molar-refractivity contribution is -0.0355. The highest BCUT2D eigenvalue weighted by Crippen LogP contribution is 2.25. The largest absolute Gasteiger partial charge is 0.386 e. The molecule has 0 saturated heterocycles. The summed E-state index contributed by atoms with van der Waals surface area (Å²) in [5.41, 5.74) is 3.25. The molecule has 2 aromatic rings. The van der Waals surface area contributed by atoms with Crippen LogP contribution >= 0.6 is 0 Å². The molecule has 0 aliphatic heterocycles. The molecule has 0 spiro atoms. The average Bonchev–Trinajstić information content (AvgIpc) is 2.53. The number of hydrogen-bond donors (Lipinski definition) is 1. The van der Waals surface area contributed by atoms with E-state index in [2.05, 4.69) is 12.1 Å². The number of ether oxygens (including phenoxy) is 1. The van der Waals surface area contributed by atoms with Gasteiger partial charge < -0.3 is 9.84 Å². The molecule has 0 radical (unpaired) electrons. The molecule has 0 fully saturated rings.